The van der Waals surface area contributed by atoms with E-state index < -0.39 is 0 Å². The average molecular weight is 309 g/mol. The highest BCUT2D eigenvalue weighted by Crippen LogP contribution is 2.15. The fourth-order valence-corrected chi connectivity index (χ4v) is 2.06. The van der Waals surface area contributed by atoms with Crippen LogP contribution in [0, 0.1) is 0 Å². The predicted molar refractivity (Wildman–Crippen MR) is 71.0 cm³/mol. The molecule has 0 fully saturated rings. The largest absolute Gasteiger partial charge is 0.345 e. The van der Waals surface area contributed by atoms with E-state index in [1.807, 2.05) is 25.1 Å². The lowest BCUT2D eigenvalue weighted by atomic mass is 10.3. The number of nitrogens with one attached hydrogen (secondary N) is 1. The van der Waals surface area contributed by atoms with Gasteiger partial charge in [-0.1, -0.05) is 6.07 Å². The normalized spacial score (nSPS) is 10.3. The van der Waals surface area contributed by atoms with Crippen molar-refractivity contribution in [3.63, 3.8) is 0 Å². The Kier molecular flexibility index (Phi) is 4.09. The van der Waals surface area contributed by atoms with E-state index in [0.717, 1.165) is 5.69 Å². The van der Waals surface area contributed by atoms with Crippen LogP contribution in [0.4, 0.5) is 0 Å². The number of carbonyl (C=O) groups excluding carboxylic acids is 1. The number of carbonyl (C=O) groups is 1. The molecule has 0 aliphatic carbocycles. The van der Waals surface area contributed by atoms with Gasteiger partial charge in [-0.3, -0.25) is 14.5 Å². The summed E-state index contributed by atoms with van der Waals surface area (Å²) in [6.07, 6.45) is 3.33. The monoisotopic (exact) mass is 308 g/mol. The molecular weight excluding hydrogens is 296 g/mol. The molecule has 2 heterocycles. The standard InChI is InChI=1S/C12H13BrN4O/c1-2-17-11(10(13)8-16-17)12(18)15-7-9-5-3-4-6-14-9/h3-6,8H,2,7H2,1H3,(H,15,18). The highest BCUT2D eigenvalue weighted by Gasteiger charge is 2.15. The Morgan fingerprint density at radius 3 is 3.00 bits per heavy atom. The van der Waals surface area contributed by atoms with Gasteiger partial charge in [-0.2, -0.15) is 5.10 Å². The maximum absolute atomic E-state index is 12.0. The number of hydrogen-bond acceptors (Lipinski definition) is 3. The van der Waals surface area contributed by atoms with Crippen molar-refractivity contribution < 1.29 is 4.79 Å². The minimum absolute atomic E-state index is 0.160. The molecule has 2 rings (SSSR count). The molecule has 0 radical (unpaired) electrons. The van der Waals surface area contributed by atoms with E-state index in [4.69, 9.17) is 0 Å². The van der Waals surface area contributed by atoms with Gasteiger partial charge in [-0.05, 0) is 35.0 Å². The minimum atomic E-state index is -0.160. The lowest BCUT2D eigenvalue weighted by Gasteiger charge is -2.07. The van der Waals surface area contributed by atoms with Crippen molar-refractivity contribution >= 4 is 21.8 Å². The number of amides is 1. The second-order valence-electron chi connectivity index (χ2n) is 3.66. The Labute approximate surface area is 113 Å². The zero-order chi connectivity index (χ0) is 13.0. The van der Waals surface area contributed by atoms with Crippen molar-refractivity contribution in [1.29, 1.82) is 0 Å². The molecule has 0 aliphatic heterocycles. The first-order valence-electron chi connectivity index (χ1n) is 5.61. The first-order chi connectivity index (χ1) is 8.72. The molecule has 0 saturated heterocycles. The van der Waals surface area contributed by atoms with E-state index in [-0.39, 0.29) is 5.91 Å². The summed E-state index contributed by atoms with van der Waals surface area (Å²) in [6.45, 7) is 2.99. The van der Waals surface area contributed by atoms with E-state index in [2.05, 4.69) is 31.3 Å². The molecule has 0 spiro atoms. The lowest BCUT2D eigenvalue weighted by Crippen LogP contribution is -2.26. The van der Waals surface area contributed by atoms with Crippen molar-refractivity contribution in [2.24, 2.45) is 0 Å². The Hall–Kier alpha value is -1.69. The summed E-state index contributed by atoms with van der Waals surface area (Å²) in [5.41, 5.74) is 1.36. The number of hydrogen-bond donors (Lipinski definition) is 1. The second kappa shape index (κ2) is 5.77. The van der Waals surface area contributed by atoms with Crippen molar-refractivity contribution in [2.45, 2.75) is 20.0 Å². The number of aromatic nitrogens is 3. The smallest absolute Gasteiger partial charge is 0.271 e. The minimum Gasteiger partial charge on any atom is -0.345 e. The van der Waals surface area contributed by atoms with Crippen molar-refractivity contribution in [3.8, 4) is 0 Å². The summed E-state index contributed by atoms with van der Waals surface area (Å²) in [5.74, 6) is -0.160. The first-order valence-corrected chi connectivity index (χ1v) is 6.41. The van der Waals surface area contributed by atoms with Crippen LogP contribution in [0.5, 0.6) is 0 Å². The summed E-state index contributed by atoms with van der Waals surface area (Å²) in [4.78, 5) is 16.2. The Balaban J connectivity index is 2.06. The van der Waals surface area contributed by atoms with Crippen LogP contribution in [0.25, 0.3) is 0 Å². The summed E-state index contributed by atoms with van der Waals surface area (Å²) < 4.78 is 2.35. The van der Waals surface area contributed by atoms with Crippen LogP contribution in [-0.4, -0.2) is 20.7 Å². The topological polar surface area (TPSA) is 59.8 Å². The van der Waals surface area contributed by atoms with Gasteiger partial charge >= 0.3 is 0 Å². The summed E-state index contributed by atoms with van der Waals surface area (Å²) in [6, 6.07) is 5.60. The molecule has 0 saturated carbocycles. The van der Waals surface area contributed by atoms with Gasteiger partial charge in [0, 0.05) is 12.7 Å². The molecule has 1 amide bonds. The van der Waals surface area contributed by atoms with Crippen LogP contribution < -0.4 is 5.32 Å². The fourth-order valence-electron chi connectivity index (χ4n) is 1.59. The molecule has 5 nitrogen and oxygen atoms in total. The predicted octanol–water partition coefficient (Wildman–Crippen LogP) is 1.99. The van der Waals surface area contributed by atoms with E-state index in [0.29, 0.717) is 23.3 Å². The summed E-state index contributed by atoms with van der Waals surface area (Å²) in [7, 11) is 0. The van der Waals surface area contributed by atoms with Gasteiger partial charge in [0.1, 0.15) is 5.69 Å². The van der Waals surface area contributed by atoms with Crippen LogP contribution in [0.2, 0.25) is 0 Å². The zero-order valence-corrected chi connectivity index (χ0v) is 11.5. The Morgan fingerprint density at radius 1 is 1.50 bits per heavy atom. The van der Waals surface area contributed by atoms with E-state index in [1.165, 1.54) is 0 Å². The van der Waals surface area contributed by atoms with Gasteiger partial charge < -0.3 is 5.32 Å². The highest BCUT2D eigenvalue weighted by molar-refractivity contribution is 9.10. The Bertz CT molecular complexity index is 538. The lowest BCUT2D eigenvalue weighted by molar-refractivity contribution is 0.0939. The van der Waals surface area contributed by atoms with Gasteiger partial charge in [-0.15, -0.1) is 0 Å². The SMILES string of the molecule is CCn1ncc(Br)c1C(=O)NCc1ccccn1. The molecule has 2 aromatic rings. The van der Waals surface area contributed by atoms with Crippen LogP contribution in [0.15, 0.2) is 35.1 Å². The fraction of sp³-hybridized carbons (Fsp3) is 0.250. The molecule has 94 valence electrons. The van der Waals surface area contributed by atoms with E-state index in [1.54, 1.807) is 17.1 Å². The molecule has 6 heteroatoms. The summed E-state index contributed by atoms with van der Waals surface area (Å²) >= 11 is 3.32. The maximum atomic E-state index is 12.0. The summed E-state index contributed by atoms with van der Waals surface area (Å²) in [5, 5.41) is 6.93. The van der Waals surface area contributed by atoms with Crippen LogP contribution in [0.3, 0.4) is 0 Å². The molecule has 1 N–H and O–H groups in total. The highest BCUT2D eigenvalue weighted by atomic mass is 79.9. The number of nitrogens with zero attached hydrogens (tertiary/aromatic N) is 3. The van der Waals surface area contributed by atoms with Crippen molar-refractivity contribution in [1.82, 2.24) is 20.1 Å². The Morgan fingerprint density at radius 2 is 2.33 bits per heavy atom. The first kappa shape index (κ1) is 12.8. The zero-order valence-electron chi connectivity index (χ0n) is 9.93. The van der Waals surface area contributed by atoms with Crippen LogP contribution in [0.1, 0.15) is 23.1 Å². The van der Waals surface area contributed by atoms with Crippen molar-refractivity contribution in [2.75, 3.05) is 0 Å². The van der Waals surface area contributed by atoms with Gasteiger partial charge in [0.05, 0.1) is 22.9 Å². The van der Waals surface area contributed by atoms with Crippen LogP contribution in [-0.2, 0) is 13.1 Å². The number of pyridine rings is 1. The molecule has 0 aliphatic rings. The quantitative estimate of drug-likeness (QED) is 0.939. The molecule has 2 aromatic heterocycles. The van der Waals surface area contributed by atoms with Gasteiger partial charge in [0.2, 0.25) is 0 Å². The number of aryl methyl sites for hydroxylation is 1. The molecule has 18 heavy (non-hydrogen) atoms. The average Bonchev–Trinajstić information content (AvgIpc) is 2.78. The molecule has 0 aromatic carbocycles. The van der Waals surface area contributed by atoms with E-state index >= 15 is 0 Å². The van der Waals surface area contributed by atoms with Gasteiger partial charge in [0.15, 0.2) is 0 Å². The van der Waals surface area contributed by atoms with Gasteiger partial charge in [0.25, 0.3) is 5.91 Å². The number of rotatable bonds is 4. The molecule has 0 bridgehead atoms. The van der Waals surface area contributed by atoms with Crippen molar-refractivity contribution in [3.05, 3.63) is 46.5 Å². The molecular formula is C12H13BrN4O. The maximum Gasteiger partial charge on any atom is 0.271 e. The van der Waals surface area contributed by atoms with Crippen LogP contribution >= 0.6 is 15.9 Å². The second-order valence-corrected chi connectivity index (χ2v) is 4.51. The van der Waals surface area contributed by atoms with E-state index in [9.17, 15) is 4.79 Å². The third kappa shape index (κ3) is 2.76. The van der Waals surface area contributed by atoms with Gasteiger partial charge in [-0.25, -0.2) is 0 Å². The third-order valence-corrected chi connectivity index (χ3v) is 3.05. The molecule has 0 unspecified atom stereocenters. The molecule has 0 atom stereocenters. The number of halogens is 1. The third-order valence-electron chi connectivity index (χ3n) is 2.47.